The lowest BCUT2D eigenvalue weighted by atomic mass is 9.96. The quantitative estimate of drug-likeness (QED) is 0.197. The van der Waals surface area contributed by atoms with Crippen LogP contribution in [0.4, 0.5) is 10.2 Å². The van der Waals surface area contributed by atoms with Crippen molar-refractivity contribution in [1.82, 2.24) is 20.2 Å². The Kier molecular flexibility index (Phi) is 8.65. The van der Waals surface area contributed by atoms with Crippen molar-refractivity contribution in [2.45, 2.75) is 57.0 Å². The summed E-state index contributed by atoms with van der Waals surface area (Å²) in [5, 5.41) is 16.6. The SMILES string of the molecule is CN(C)CCCCCCOc1nc(N2CC3CCCC2CN3)c2cc(Cl)c(-c3cc(O)cc4ccccc34)c(F)c2n1. The van der Waals surface area contributed by atoms with Crippen LogP contribution < -0.4 is 15.0 Å². The Hall–Kier alpha value is -3.20. The Balaban J connectivity index is 1.41. The van der Waals surface area contributed by atoms with Gasteiger partial charge in [0.2, 0.25) is 0 Å². The molecule has 2 unspecified atom stereocenters. The number of nitrogens with one attached hydrogen (secondary N) is 1. The molecule has 1 aromatic heterocycles. The van der Waals surface area contributed by atoms with Crippen molar-refractivity contribution in [3.05, 3.63) is 53.3 Å². The monoisotopic (exact) mass is 591 g/mol. The third-order valence-electron chi connectivity index (χ3n) is 8.55. The maximum atomic E-state index is 16.7. The molecule has 4 heterocycles. The van der Waals surface area contributed by atoms with Gasteiger partial charge in [0, 0.05) is 36.1 Å². The zero-order valence-corrected chi connectivity index (χ0v) is 25.1. The van der Waals surface area contributed by atoms with Gasteiger partial charge in [0.1, 0.15) is 17.1 Å². The van der Waals surface area contributed by atoms with Crippen LogP contribution in [0.1, 0.15) is 44.9 Å². The molecule has 3 fully saturated rings. The number of hydrogen-bond donors (Lipinski definition) is 2. The molecule has 222 valence electrons. The summed E-state index contributed by atoms with van der Waals surface area (Å²) in [5.41, 5.74) is 0.918. The molecule has 42 heavy (non-hydrogen) atoms. The van der Waals surface area contributed by atoms with E-state index in [0.717, 1.165) is 75.4 Å². The molecule has 3 aliphatic heterocycles. The van der Waals surface area contributed by atoms with Gasteiger partial charge in [-0.2, -0.15) is 9.97 Å². The number of anilines is 1. The summed E-state index contributed by atoms with van der Waals surface area (Å²) < 4.78 is 22.8. The van der Waals surface area contributed by atoms with Gasteiger partial charge in [-0.15, -0.1) is 0 Å². The van der Waals surface area contributed by atoms with Crippen molar-refractivity contribution < 1.29 is 14.2 Å². The van der Waals surface area contributed by atoms with Crippen LogP contribution in [0, 0.1) is 5.82 Å². The van der Waals surface area contributed by atoms with E-state index in [2.05, 4.69) is 34.2 Å². The van der Waals surface area contributed by atoms with Gasteiger partial charge in [0.15, 0.2) is 5.82 Å². The van der Waals surface area contributed by atoms with E-state index in [4.69, 9.17) is 21.3 Å². The Bertz CT molecular complexity index is 1580. The molecule has 2 bridgehead atoms. The van der Waals surface area contributed by atoms with Crippen molar-refractivity contribution in [3.8, 4) is 22.9 Å². The fraction of sp³-hybridized carbons (Fsp3) is 0.455. The van der Waals surface area contributed by atoms with Gasteiger partial charge >= 0.3 is 6.01 Å². The molecule has 7 nitrogen and oxygen atoms in total. The van der Waals surface area contributed by atoms with Crippen LogP contribution in [0.25, 0.3) is 32.8 Å². The summed E-state index contributed by atoms with van der Waals surface area (Å²) in [6.45, 7) is 3.20. The lowest BCUT2D eigenvalue weighted by molar-refractivity contribution is 0.280. The predicted molar refractivity (Wildman–Crippen MR) is 168 cm³/mol. The van der Waals surface area contributed by atoms with Gasteiger partial charge in [0.05, 0.1) is 11.6 Å². The van der Waals surface area contributed by atoms with Crippen LogP contribution in [-0.2, 0) is 0 Å². The molecule has 2 atom stereocenters. The van der Waals surface area contributed by atoms with Gasteiger partial charge in [-0.25, -0.2) is 4.39 Å². The van der Waals surface area contributed by atoms with Crippen molar-refractivity contribution in [3.63, 3.8) is 0 Å². The summed E-state index contributed by atoms with van der Waals surface area (Å²) in [6, 6.07) is 13.4. The number of nitrogens with zero attached hydrogens (tertiary/aromatic N) is 4. The molecular formula is C33H39ClFN5O2. The maximum absolute atomic E-state index is 16.7. The van der Waals surface area contributed by atoms with E-state index in [1.807, 2.05) is 24.3 Å². The number of phenolic OH excluding ortho intramolecular Hbond substituents is 1. The number of ether oxygens (including phenoxy) is 1. The number of piperazine rings is 1. The van der Waals surface area contributed by atoms with Crippen LogP contribution in [0.3, 0.4) is 0 Å². The molecule has 0 amide bonds. The number of aromatic nitrogens is 2. The second-order valence-electron chi connectivity index (χ2n) is 11.9. The summed E-state index contributed by atoms with van der Waals surface area (Å²) in [7, 11) is 4.18. The van der Waals surface area contributed by atoms with E-state index in [0.29, 0.717) is 29.4 Å². The molecule has 7 rings (SSSR count). The highest BCUT2D eigenvalue weighted by atomic mass is 35.5. The zero-order valence-electron chi connectivity index (χ0n) is 24.4. The van der Waals surface area contributed by atoms with E-state index in [1.165, 1.54) is 0 Å². The molecule has 0 radical (unpaired) electrons. The number of hydrogen-bond acceptors (Lipinski definition) is 7. The molecule has 0 spiro atoms. The molecule has 9 heteroatoms. The summed E-state index contributed by atoms with van der Waals surface area (Å²) in [5.74, 6) is 0.182. The fourth-order valence-electron chi connectivity index (χ4n) is 6.41. The number of benzene rings is 3. The number of phenols is 1. The zero-order chi connectivity index (χ0) is 29.2. The average Bonchev–Trinajstić information content (AvgIpc) is 3.32. The normalized spacial score (nSPS) is 18.7. The highest BCUT2D eigenvalue weighted by Gasteiger charge is 2.34. The number of fused-ring (bicyclic) bond motifs is 6. The average molecular weight is 592 g/mol. The topological polar surface area (TPSA) is 73.8 Å². The standard InChI is InChI=1S/C33H39ClFN5O2/c1-39(2)14-7-3-4-8-15-42-33-37-31-27(32(38-33)40-20-22-11-9-12-23(40)19-36-22)18-28(34)29(30(31)35)26-17-24(41)16-21-10-5-6-13-25(21)26/h5-6,10,13,16-18,22-23,36,41H,3-4,7-9,11-12,14-15,19-20H2,1-2H3. The van der Waals surface area contributed by atoms with Gasteiger partial charge in [-0.3, -0.25) is 0 Å². The van der Waals surface area contributed by atoms with E-state index < -0.39 is 5.82 Å². The third kappa shape index (κ3) is 5.98. The third-order valence-corrected chi connectivity index (χ3v) is 8.85. The fourth-order valence-corrected chi connectivity index (χ4v) is 6.71. The summed E-state index contributed by atoms with van der Waals surface area (Å²) in [6.07, 6.45) is 7.50. The molecule has 0 aliphatic carbocycles. The highest BCUT2D eigenvalue weighted by Crippen LogP contribution is 2.43. The van der Waals surface area contributed by atoms with Gasteiger partial charge in [-0.1, -0.05) is 48.7 Å². The van der Waals surface area contributed by atoms with Crippen LogP contribution >= 0.6 is 11.6 Å². The minimum absolute atomic E-state index is 0.0466. The number of aromatic hydroxyl groups is 1. The molecular weight excluding hydrogens is 553 g/mol. The first kappa shape index (κ1) is 28.9. The minimum Gasteiger partial charge on any atom is -0.508 e. The first-order valence-corrected chi connectivity index (χ1v) is 15.5. The van der Waals surface area contributed by atoms with Crippen molar-refractivity contribution >= 4 is 39.1 Å². The molecule has 2 N–H and O–H groups in total. The Morgan fingerprint density at radius 2 is 1.90 bits per heavy atom. The minimum atomic E-state index is -0.538. The molecule has 0 saturated carbocycles. The number of halogens is 2. The largest absolute Gasteiger partial charge is 0.508 e. The highest BCUT2D eigenvalue weighted by molar-refractivity contribution is 6.35. The smallest absolute Gasteiger partial charge is 0.319 e. The molecule has 4 aromatic rings. The number of rotatable bonds is 10. The van der Waals surface area contributed by atoms with Crippen molar-refractivity contribution in [2.75, 3.05) is 45.2 Å². The lowest BCUT2D eigenvalue weighted by Crippen LogP contribution is -2.54. The molecule has 3 aliphatic rings. The molecule has 3 saturated heterocycles. The Labute approximate surface area is 251 Å². The van der Waals surface area contributed by atoms with Crippen molar-refractivity contribution in [1.29, 1.82) is 0 Å². The van der Waals surface area contributed by atoms with Crippen LogP contribution in [0.15, 0.2) is 42.5 Å². The van der Waals surface area contributed by atoms with Gasteiger partial charge in [0.25, 0.3) is 0 Å². The predicted octanol–water partition coefficient (Wildman–Crippen LogP) is 6.78. The Morgan fingerprint density at radius 3 is 2.76 bits per heavy atom. The maximum Gasteiger partial charge on any atom is 0.319 e. The van der Waals surface area contributed by atoms with Crippen LogP contribution in [-0.4, -0.2) is 72.4 Å². The van der Waals surface area contributed by atoms with Crippen molar-refractivity contribution in [2.24, 2.45) is 0 Å². The first-order chi connectivity index (χ1) is 20.4. The number of unbranched alkanes of at least 4 members (excludes halogenated alkanes) is 3. The van der Waals surface area contributed by atoms with E-state index in [9.17, 15) is 5.11 Å². The van der Waals surface area contributed by atoms with Gasteiger partial charge in [-0.05, 0) is 87.3 Å². The Morgan fingerprint density at radius 1 is 1.07 bits per heavy atom. The van der Waals surface area contributed by atoms with Crippen LogP contribution in [0.2, 0.25) is 5.02 Å². The summed E-state index contributed by atoms with van der Waals surface area (Å²) >= 11 is 6.88. The van der Waals surface area contributed by atoms with E-state index >= 15 is 4.39 Å². The second-order valence-corrected chi connectivity index (χ2v) is 12.3. The van der Waals surface area contributed by atoms with Crippen LogP contribution in [0.5, 0.6) is 11.8 Å². The van der Waals surface area contributed by atoms with E-state index in [-0.39, 0.29) is 33.9 Å². The van der Waals surface area contributed by atoms with E-state index in [1.54, 1.807) is 18.2 Å². The van der Waals surface area contributed by atoms with Gasteiger partial charge < -0.3 is 25.0 Å². The molecule has 3 aromatic carbocycles. The lowest BCUT2D eigenvalue weighted by Gasteiger charge is -2.38. The summed E-state index contributed by atoms with van der Waals surface area (Å²) in [4.78, 5) is 14.0. The first-order valence-electron chi connectivity index (χ1n) is 15.1. The second kappa shape index (κ2) is 12.6.